The molecular weight excluding hydrogens is 248 g/mol. The zero-order chi connectivity index (χ0) is 13.5. The number of hydrogen-bond donors (Lipinski definition) is 1. The molecule has 0 fully saturated rings. The molecule has 0 radical (unpaired) electrons. The molecule has 0 saturated carbocycles. The fourth-order valence-electron chi connectivity index (χ4n) is 2.68. The fraction of sp³-hybridized carbons (Fsp3) is 0.0588. The number of rotatable bonds is 2. The quantitative estimate of drug-likeness (QED) is 0.702. The second kappa shape index (κ2) is 4.17. The van der Waals surface area contributed by atoms with Crippen LogP contribution in [0.4, 0.5) is 5.69 Å². The number of aromatic nitrogens is 1. The van der Waals surface area contributed by atoms with Gasteiger partial charge >= 0.3 is 0 Å². The lowest BCUT2D eigenvalue weighted by atomic mass is 10.0. The van der Waals surface area contributed by atoms with Crippen molar-refractivity contribution in [3.05, 3.63) is 65.9 Å². The first-order chi connectivity index (χ1) is 9.83. The summed E-state index contributed by atoms with van der Waals surface area (Å²) in [6.07, 6.45) is 2.40. The van der Waals surface area contributed by atoms with Gasteiger partial charge in [0, 0.05) is 29.1 Å². The summed E-state index contributed by atoms with van der Waals surface area (Å²) in [7, 11) is 0. The lowest BCUT2D eigenvalue weighted by molar-refractivity contribution is 0.106. The standard InChI is InChI=1S/C17H12N2O/c20-17(13-10-18-15-8-4-2-6-12(13)15)16-9-11-5-1-3-7-14(11)19-16/h1-8,10,18H,9H2. The Labute approximate surface area is 116 Å². The Morgan fingerprint density at radius 1 is 1.05 bits per heavy atom. The number of fused-ring (bicyclic) bond motifs is 2. The van der Waals surface area contributed by atoms with E-state index in [2.05, 4.69) is 9.98 Å². The first-order valence-electron chi connectivity index (χ1n) is 6.59. The summed E-state index contributed by atoms with van der Waals surface area (Å²) in [6.45, 7) is 0. The van der Waals surface area contributed by atoms with Gasteiger partial charge in [0.05, 0.1) is 11.4 Å². The van der Waals surface area contributed by atoms with E-state index in [0.29, 0.717) is 17.7 Å². The smallest absolute Gasteiger partial charge is 0.209 e. The van der Waals surface area contributed by atoms with Crippen molar-refractivity contribution in [2.75, 3.05) is 0 Å². The fourth-order valence-corrected chi connectivity index (χ4v) is 2.68. The van der Waals surface area contributed by atoms with Gasteiger partial charge in [-0.25, -0.2) is 4.99 Å². The maximum atomic E-state index is 12.6. The van der Waals surface area contributed by atoms with E-state index in [1.807, 2.05) is 48.5 Å². The summed E-state index contributed by atoms with van der Waals surface area (Å²) in [4.78, 5) is 20.2. The van der Waals surface area contributed by atoms with E-state index in [4.69, 9.17) is 0 Å². The van der Waals surface area contributed by atoms with Crippen LogP contribution in [-0.2, 0) is 6.42 Å². The van der Waals surface area contributed by atoms with E-state index >= 15 is 0 Å². The molecular formula is C17H12N2O. The molecule has 3 heteroatoms. The molecule has 0 aliphatic carbocycles. The van der Waals surface area contributed by atoms with Crippen LogP contribution in [0.3, 0.4) is 0 Å². The number of hydrogen-bond acceptors (Lipinski definition) is 2. The average Bonchev–Trinajstić information content (AvgIpc) is 3.10. The van der Waals surface area contributed by atoms with Crippen LogP contribution in [0.15, 0.2) is 59.7 Å². The lowest BCUT2D eigenvalue weighted by Gasteiger charge is -1.98. The number of benzene rings is 2. The molecule has 0 bridgehead atoms. The van der Waals surface area contributed by atoms with Crippen molar-refractivity contribution in [2.24, 2.45) is 4.99 Å². The highest BCUT2D eigenvalue weighted by atomic mass is 16.1. The first-order valence-corrected chi connectivity index (χ1v) is 6.59. The number of carbonyl (C=O) groups excluding carboxylic acids is 1. The van der Waals surface area contributed by atoms with E-state index < -0.39 is 0 Å². The second-order valence-corrected chi connectivity index (χ2v) is 4.94. The molecule has 0 amide bonds. The molecule has 1 aliphatic heterocycles. The van der Waals surface area contributed by atoms with Gasteiger partial charge in [-0.2, -0.15) is 0 Å². The van der Waals surface area contributed by atoms with Gasteiger partial charge in [0.25, 0.3) is 0 Å². The molecule has 0 unspecified atom stereocenters. The van der Waals surface area contributed by atoms with Crippen LogP contribution in [0.2, 0.25) is 0 Å². The van der Waals surface area contributed by atoms with E-state index in [-0.39, 0.29) is 5.78 Å². The lowest BCUT2D eigenvalue weighted by Crippen LogP contribution is -2.13. The Balaban J connectivity index is 1.76. The van der Waals surface area contributed by atoms with Gasteiger partial charge in [-0.3, -0.25) is 4.79 Å². The molecule has 0 saturated heterocycles. The van der Waals surface area contributed by atoms with Crippen molar-refractivity contribution in [3.8, 4) is 0 Å². The van der Waals surface area contributed by atoms with Gasteiger partial charge in [0.15, 0.2) is 0 Å². The van der Waals surface area contributed by atoms with Crippen LogP contribution in [0.5, 0.6) is 0 Å². The molecule has 2 aromatic carbocycles. The topological polar surface area (TPSA) is 45.2 Å². The molecule has 4 rings (SSSR count). The van der Waals surface area contributed by atoms with E-state index in [9.17, 15) is 4.79 Å². The molecule has 3 aromatic rings. The van der Waals surface area contributed by atoms with Crippen molar-refractivity contribution in [3.63, 3.8) is 0 Å². The highest BCUT2D eigenvalue weighted by Gasteiger charge is 2.23. The Bertz CT molecular complexity index is 858. The Hall–Kier alpha value is -2.68. The average molecular weight is 260 g/mol. The molecule has 0 atom stereocenters. The summed E-state index contributed by atoms with van der Waals surface area (Å²) < 4.78 is 0. The Morgan fingerprint density at radius 3 is 2.75 bits per heavy atom. The highest BCUT2D eigenvalue weighted by Crippen LogP contribution is 2.28. The number of aliphatic imine (C=N–C) groups is 1. The molecule has 20 heavy (non-hydrogen) atoms. The van der Waals surface area contributed by atoms with E-state index in [1.54, 1.807) is 6.20 Å². The maximum absolute atomic E-state index is 12.6. The van der Waals surface area contributed by atoms with Crippen LogP contribution in [0.1, 0.15) is 15.9 Å². The number of nitrogens with zero attached hydrogens (tertiary/aromatic N) is 1. The van der Waals surface area contributed by atoms with Crippen molar-refractivity contribution in [1.29, 1.82) is 0 Å². The Kier molecular flexibility index (Phi) is 2.33. The third-order valence-corrected chi connectivity index (χ3v) is 3.70. The summed E-state index contributed by atoms with van der Waals surface area (Å²) in [5.41, 5.74) is 4.33. The maximum Gasteiger partial charge on any atom is 0.209 e. The SMILES string of the molecule is O=C(C1=Nc2ccccc2C1)c1c[nH]c2ccccc12. The molecule has 1 N–H and O–H groups in total. The summed E-state index contributed by atoms with van der Waals surface area (Å²) >= 11 is 0. The largest absolute Gasteiger partial charge is 0.360 e. The molecule has 96 valence electrons. The third kappa shape index (κ3) is 1.60. The first kappa shape index (κ1) is 11.2. The van der Waals surface area contributed by atoms with Crippen molar-refractivity contribution >= 4 is 28.1 Å². The number of ketones is 1. The van der Waals surface area contributed by atoms with Gasteiger partial charge in [0.1, 0.15) is 0 Å². The zero-order valence-corrected chi connectivity index (χ0v) is 10.8. The monoisotopic (exact) mass is 260 g/mol. The van der Waals surface area contributed by atoms with Crippen molar-refractivity contribution in [1.82, 2.24) is 4.98 Å². The van der Waals surface area contributed by atoms with Crippen LogP contribution in [0.25, 0.3) is 10.9 Å². The van der Waals surface area contributed by atoms with Crippen LogP contribution in [-0.4, -0.2) is 16.5 Å². The zero-order valence-electron chi connectivity index (χ0n) is 10.8. The summed E-state index contributed by atoms with van der Waals surface area (Å²) in [5, 5.41) is 0.955. The molecule has 1 aromatic heterocycles. The van der Waals surface area contributed by atoms with Gasteiger partial charge in [0.2, 0.25) is 5.78 Å². The van der Waals surface area contributed by atoms with Crippen LogP contribution < -0.4 is 0 Å². The normalized spacial score (nSPS) is 13.3. The molecule has 2 heterocycles. The van der Waals surface area contributed by atoms with E-state index in [0.717, 1.165) is 22.2 Å². The number of nitrogens with one attached hydrogen (secondary N) is 1. The number of aromatic amines is 1. The van der Waals surface area contributed by atoms with Gasteiger partial charge in [-0.15, -0.1) is 0 Å². The van der Waals surface area contributed by atoms with E-state index in [1.165, 1.54) is 0 Å². The van der Waals surface area contributed by atoms with Crippen LogP contribution >= 0.6 is 0 Å². The summed E-state index contributed by atoms with van der Waals surface area (Å²) in [6, 6.07) is 15.7. The minimum atomic E-state index is 0.0126. The van der Waals surface area contributed by atoms with Gasteiger partial charge in [-0.1, -0.05) is 36.4 Å². The predicted octanol–water partition coefficient (Wildman–Crippen LogP) is 3.68. The summed E-state index contributed by atoms with van der Waals surface area (Å²) in [5.74, 6) is 0.0126. The van der Waals surface area contributed by atoms with Gasteiger partial charge < -0.3 is 4.98 Å². The minimum absolute atomic E-state index is 0.0126. The third-order valence-electron chi connectivity index (χ3n) is 3.70. The van der Waals surface area contributed by atoms with Crippen molar-refractivity contribution < 1.29 is 4.79 Å². The Morgan fingerprint density at radius 2 is 1.85 bits per heavy atom. The number of carbonyl (C=O) groups is 1. The highest BCUT2D eigenvalue weighted by molar-refractivity contribution is 6.49. The predicted molar refractivity (Wildman–Crippen MR) is 79.9 cm³/mol. The molecule has 1 aliphatic rings. The number of Topliss-reactive ketones (excluding diaryl/α,β-unsaturated/α-hetero) is 1. The van der Waals surface area contributed by atoms with Crippen LogP contribution in [0, 0.1) is 0 Å². The number of para-hydroxylation sites is 2. The molecule has 0 spiro atoms. The molecule has 3 nitrogen and oxygen atoms in total. The minimum Gasteiger partial charge on any atom is -0.360 e. The number of H-pyrrole nitrogens is 1. The van der Waals surface area contributed by atoms with Crippen molar-refractivity contribution in [2.45, 2.75) is 6.42 Å². The van der Waals surface area contributed by atoms with Gasteiger partial charge in [-0.05, 0) is 17.7 Å². The second-order valence-electron chi connectivity index (χ2n) is 4.94.